The summed E-state index contributed by atoms with van der Waals surface area (Å²) in [5, 5.41) is 27.0. The third-order valence-electron chi connectivity index (χ3n) is 15.2. The standard InChI is InChI=1S/C47H55F2N3O12/c1-25-18-33-32-9-6-27-19-29(53)12-13-44(27,3)46(32,49)35(54)21-45(33,4)47(25,60)36(55)24-64-38(57)11-10-37(56)62-16-17-63-43(59)31-23-52(28-7-8-28)39-30(41(31)58)20-34(48)40(42(39)61-5)51-15-14-50-26(2)22-51/h10-13,19-20,23,25-26,28,32-33,35,50,54,60H,6-9,14-18,21-22,24H2,1-5H3/t25-,26?,32+,33+,35+,44+,45+,46+,47+/m0/s1. The van der Waals surface area contributed by atoms with Gasteiger partial charge in [0.2, 0.25) is 11.2 Å². The molecule has 17 heteroatoms. The molecule has 1 unspecified atom stereocenters. The molecule has 0 amide bonds. The van der Waals surface area contributed by atoms with Crippen molar-refractivity contribution in [1.29, 1.82) is 0 Å². The topological polar surface area (TPSA) is 200 Å². The van der Waals surface area contributed by atoms with E-state index in [-0.39, 0.29) is 53.1 Å². The fourth-order valence-electron chi connectivity index (χ4n) is 11.8. The summed E-state index contributed by atoms with van der Waals surface area (Å²) in [7, 11) is 1.41. The van der Waals surface area contributed by atoms with Crippen LogP contribution >= 0.6 is 0 Å². The van der Waals surface area contributed by atoms with Crippen LogP contribution in [0.25, 0.3) is 10.9 Å². The van der Waals surface area contributed by atoms with Crippen molar-refractivity contribution in [2.75, 3.05) is 51.5 Å². The number of Topliss-reactive ketones (excluding diaryl/α,β-unsaturated/α-hetero) is 1. The van der Waals surface area contributed by atoms with Crippen molar-refractivity contribution in [3.8, 4) is 5.75 Å². The van der Waals surface area contributed by atoms with Gasteiger partial charge in [-0.1, -0.05) is 25.5 Å². The van der Waals surface area contributed by atoms with Crippen LogP contribution in [0.2, 0.25) is 0 Å². The van der Waals surface area contributed by atoms with Crippen LogP contribution in [0.3, 0.4) is 0 Å². The number of rotatable bonds is 12. The van der Waals surface area contributed by atoms with Crippen molar-refractivity contribution >= 4 is 46.1 Å². The van der Waals surface area contributed by atoms with Crippen molar-refractivity contribution in [1.82, 2.24) is 9.88 Å². The molecule has 5 fully saturated rings. The number of pyridine rings is 1. The zero-order valence-corrected chi connectivity index (χ0v) is 36.6. The minimum atomic E-state index is -2.15. The number of aliphatic hydroxyl groups excluding tert-OH is 1. The largest absolute Gasteiger partial charge is 0.492 e. The molecule has 1 saturated heterocycles. The van der Waals surface area contributed by atoms with E-state index in [4.69, 9.17) is 18.9 Å². The Balaban J connectivity index is 0.860. The second-order valence-electron chi connectivity index (χ2n) is 18.8. The average Bonchev–Trinajstić information content (AvgIpc) is 4.08. The molecule has 0 spiro atoms. The van der Waals surface area contributed by atoms with Gasteiger partial charge in [0.05, 0.1) is 24.1 Å². The maximum absolute atomic E-state index is 17.5. The lowest BCUT2D eigenvalue weighted by Gasteiger charge is -2.62. The summed E-state index contributed by atoms with van der Waals surface area (Å²) in [6.45, 7) is 6.92. The van der Waals surface area contributed by atoms with Gasteiger partial charge >= 0.3 is 17.9 Å². The number of methoxy groups -OCH3 is 1. The van der Waals surface area contributed by atoms with Crippen molar-refractivity contribution < 1.29 is 61.9 Å². The molecule has 64 heavy (non-hydrogen) atoms. The summed E-state index contributed by atoms with van der Waals surface area (Å²) < 4.78 is 56.2. The zero-order valence-electron chi connectivity index (χ0n) is 36.6. The lowest BCUT2D eigenvalue weighted by Crippen LogP contribution is -2.69. The van der Waals surface area contributed by atoms with Gasteiger partial charge < -0.3 is 43.9 Å². The van der Waals surface area contributed by atoms with Crippen LogP contribution in [-0.4, -0.2) is 114 Å². The molecule has 6 aliphatic rings. The number of alkyl halides is 1. The molecular formula is C47H55F2N3O12. The van der Waals surface area contributed by atoms with Gasteiger partial charge in [0, 0.05) is 66.8 Å². The molecular weight excluding hydrogens is 837 g/mol. The van der Waals surface area contributed by atoms with E-state index < -0.39 is 101 Å². The molecule has 1 aromatic heterocycles. The summed E-state index contributed by atoms with van der Waals surface area (Å²) in [5.74, 6) is -6.56. The van der Waals surface area contributed by atoms with Crippen LogP contribution in [0, 0.1) is 34.4 Å². The number of nitrogens with one attached hydrogen (secondary N) is 1. The molecule has 1 aromatic carbocycles. The van der Waals surface area contributed by atoms with E-state index in [1.807, 2.05) is 11.8 Å². The van der Waals surface area contributed by atoms with Crippen LogP contribution in [0.5, 0.6) is 5.75 Å². The van der Waals surface area contributed by atoms with Crippen molar-refractivity contribution in [2.24, 2.45) is 28.6 Å². The molecule has 15 nitrogen and oxygen atoms in total. The number of piperazine rings is 1. The van der Waals surface area contributed by atoms with Gasteiger partial charge in [0.15, 0.2) is 29.6 Å². The molecule has 0 radical (unpaired) electrons. The number of esters is 3. The summed E-state index contributed by atoms with van der Waals surface area (Å²) >= 11 is 0. The molecule has 9 atom stereocenters. The Morgan fingerprint density at radius 1 is 1.02 bits per heavy atom. The van der Waals surface area contributed by atoms with E-state index >= 15 is 8.78 Å². The van der Waals surface area contributed by atoms with E-state index in [2.05, 4.69) is 5.32 Å². The first-order chi connectivity index (χ1) is 30.3. The van der Waals surface area contributed by atoms with E-state index in [1.165, 1.54) is 31.5 Å². The van der Waals surface area contributed by atoms with E-state index in [1.54, 1.807) is 25.3 Å². The summed E-state index contributed by atoms with van der Waals surface area (Å²) in [6, 6.07) is 1.18. The number of anilines is 1. The monoisotopic (exact) mass is 891 g/mol. The quantitative estimate of drug-likeness (QED) is 0.120. The number of ketones is 2. The number of ether oxygens (including phenoxy) is 4. The molecule has 2 heterocycles. The third-order valence-corrected chi connectivity index (χ3v) is 15.2. The second-order valence-corrected chi connectivity index (χ2v) is 18.8. The van der Waals surface area contributed by atoms with Gasteiger partial charge in [-0.05, 0) is 82.4 Å². The Morgan fingerprint density at radius 3 is 2.41 bits per heavy atom. The lowest BCUT2D eigenvalue weighted by atomic mass is 9.44. The molecule has 0 bridgehead atoms. The lowest BCUT2D eigenvalue weighted by molar-refractivity contribution is -0.219. The Labute approximate surface area is 368 Å². The molecule has 3 N–H and O–H groups in total. The zero-order chi connectivity index (χ0) is 46.1. The van der Waals surface area contributed by atoms with Crippen LogP contribution in [0.4, 0.5) is 14.5 Å². The highest BCUT2D eigenvalue weighted by Gasteiger charge is 2.75. The number of carbonyl (C=O) groups excluding carboxylic acids is 5. The highest BCUT2D eigenvalue weighted by Crippen LogP contribution is 2.70. The van der Waals surface area contributed by atoms with E-state index in [0.29, 0.717) is 43.6 Å². The van der Waals surface area contributed by atoms with Crippen LogP contribution in [-0.2, 0) is 33.4 Å². The Kier molecular flexibility index (Phi) is 11.8. The summed E-state index contributed by atoms with van der Waals surface area (Å²) in [5.41, 5.74) is -6.59. The molecule has 8 rings (SSSR count). The molecule has 5 aliphatic carbocycles. The molecule has 344 valence electrons. The molecule has 1 aliphatic heterocycles. The fraction of sp³-hybridized carbons (Fsp3) is 0.574. The van der Waals surface area contributed by atoms with Crippen molar-refractivity contribution in [3.63, 3.8) is 0 Å². The Bertz CT molecular complexity index is 2460. The molecule has 4 saturated carbocycles. The number of hydrogen-bond acceptors (Lipinski definition) is 14. The van der Waals surface area contributed by atoms with Gasteiger partial charge in [-0.2, -0.15) is 0 Å². The average molecular weight is 892 g/mol. The van der Waals surface area contributed by atoms with Crippen molar-refractivity contribution in [3.05, 3.63) is 69.8 Å². The number of allylic oxidation sites excluding steroid dienone is 4. The number of aliphatic hydroxyl groups is 2. The molecule has 2 aromatic rings. The van der Waals surface area contributed by atoms with Crippen LogP contribution < -0.4 is 20.4 Å². The van der Waals surface area contributed by atoms with Crippen molar-refractivity contribution in [2.45, 2.75) is 95.7 Å². The van der Waals surface area contributed by atoms with Gasteiger partial charge in [0.1, 0.15) is 30.1 Å². The normalized spacial score (nSPS) is 33.3. The number of hydrogen-bond donors (Lipinski definition) is 3. The van der Waals surface area contributed by atoms with Crippen LogP contribution in [0.15, 0.2) is 53.0 Å². The predicted octanol–water partition coefficient (Wildman–Crippen LogP) is 4.00. The number of fused-ring (bicyclic) bond motifs is 6. The number of nitrogens with zero attached hydrogens (tertiary/aromatic N) is 2. The predicted molar refractivity (Wildman–Crippen MR) is 227 cm³/mol. The van der Waals surface area contributed by atoms with E-state index in [0.717, 1.165) is 31.1 Å². The van der Waals surface area contributed by atoms with Gasteiger partial charge in [-0.25, -0.2) is 23.2 Å². The first-order valence-corrected chi connectivity index (χ1v) is 22.0. The summed E-state index contributed by atoms with van der Waals surface area (Å²) in [6.07, 6.45) is 7.89. The highest BCUT2D eigenvalue weighted by molar-refractivity contribution is 6.01. The second kappa shape index (κ2) is 16.6. The maximum atomic E-state index is 17.5. The first kappa shape index (κ1) is 45.3. The minimum Gasteiger partial charge on any atom is -0.492 e. The minimum absolute atomic E-state index is 0.0404. The Hall–Kier alpha value is -5.26. The van der Waals surface area contributed by atoms with Gasteiger partial charge in [-0.3, -0.25) is 14.4 Å². The highest BCUT2D eigenvalue weighted by atomic mass is 19.1. The SMILES string of the molecule is COc1c(N2CCNC(C)C2)c(F)cc2c(=O)c(C(=O)OCCOC(=O)C=CC(=O)OCC(=O)[C@]3(O)[C@@H](C)C[C@@H]4[C@H]5CCC6=CC(=O)C=C[C@@]6(C)[C@]5(F)[C@H](O)C[C@]43C)cn(C3CC3)c12. The number of benzene rings is 1. The van der Waals surface area contributed by atoms with Gasteiger partial charge in [-0.15, -0.1) is 0 Å². The van der Waals surface area contributed by atoms with Gasteiger partial charge in [0.25, 0.3) is 0 Å². The fourth-order valence-corrected chi connectivity index (χ4v) is 11.8. The number of carbonyl (C=O) groups is 5. The number of halogens is 2. The summed E-state index contributed by atoms with van der Waals surface area (Å²) in [4.78, 5) is 79.7. The number of aromatic nitrogens is 1. The van der Waals surface area contributed by atoms with E-state index in [9.17, 15) is 39.0 Å². The third kappa shape index (κ3) is 7.18. The smallest absolute Gasteiger partial charge is 0.343 e. The first-order valence-electron chi connectivity index (χ1n) is 22.0. The Morgan fingerprint density at radius 2 is 1.72 bits per heavy atom. The maximum Gasteiger partial charge on any atom is 0.343 e. The van der Waals surface area contributed by atoms with Crippen LogP contribution in [0.1, 0.15) is 82.6 Å².